The van der Waals surface area contributed by atoms with Crippen LogP contribution in [0.4, 0.5) is 0 Å². The molecule has 0 saturated carbocycles. The van der Waals surface area contributed by atoms with Gasteiger partial charge in [0.1, 0.15) is 0 Å². The SMILES string of the molecule is CC(C)c1nc([C@H]2CCCN2CC(=O)NCCc2ccsc2)no1. The maximum atomic E-state index is 12.2. The number of carbonyl (C=O) groups is 1. The van der Waals surface area contributed by atoms with Crippen molar-refractivity contribution in [2.45, 2.75) is 45.1 Å². The monoisotopic (exact) mass is 348 g/mol. The summed E-state index contributed by atoms with van der Waals surface area (Å²) in [6, 6.07) is 2.18. The van der Waals surface area contributed by atoms with Crippen molar-refractivity contribution in [3.8, 4) is 0 Å². The highest BCUT2D eigenvalue weighted by Gasteiger charge is 2.31. The zero-order valence-electron chi connectivity index (χ0n) is 14.2. The molecule has 3 heterocycles. The quantitative estimate of drug-likeness (QED) is 0.833. The molecule has 0 unspecified atom stereocenters. The minimum Gasteiger partial charge on any atom is -0.355 e. The molecule has 7 heteroatoms. The third-order valence-electron chi connectivity index (χ3n) is 4.28. The van der Waals surface area contributed by atoms with Crippen LogP contribution in [0.15, 0.2) is 21.3 Å². The van der Waals surface area contributed by atoms with Gasteiger partial charge >= 0.3 is 0 Å². The van der Waals surface area contributed by atoms with Crippen molar-refractivity contribution < 1.29 is 9.32 Å². The standard InChI is InChI=1S/C17H24N4O2S/c1-12(2)17-19-16(20-23-17)14-4-3-8-21(14)10-15(22)18-7-5-13-6-9-24-11-13/h6,9,11-12,14H,3-5,7-8,10H2,1-2H3,(H,18,22)/t14-/m1/s1. The van der Waals surface area contributed by atoms with E-state index in [0.29, 0.717) is 24.8 Å². The Balaban J connectivity index is 1.50. The van der Waals surface area contributed by atoms with Crippen molar-refractivity contribution in [3.63, 3.8) is 0 Å². The molecular formula is C17H24N4O2S. The van der Waals surface area contributed by atoms with Gasteiger partial charge in [0.25, 0.3) is 0 Å². The Morgan fingerprint density at radius 3 is 3.12 bits per heavy atom. The summed E-state index contributed by atoms with van der Waals surface area (Å²) < 4.78 is 5.31. The fraction of sp³-hybridized carbons (Fsp3) is 0.588. The Labute approximate surface area is 146 Å². The molecule has 1 N–H and O–H groups in total. The Morgan fingerprint density at radius 1 is 1.54 bits per heavy atom. The van der Waals surface area contributed by atoms with Crippen LogP contribution in [-0.2, 0) is 11.2 Å². The van der Waals surface area contributed by atoms with Crippen LogP contribution >= 0.6 is 11.3 Å². The molecule has 3 rings (SSSR count). The lowest BCUT2D eigenvalue weighted by atomic mass is 10.2. The highest BCUT2D eigenvalue weighted by molar-refractivity contribution is 7.07. The van der Waals surface area contributed by atoms with Crippen molar-refractivity contribution in [1.82, 2.24) is 20.4 Å². The molecular weight excluding hydrogens is 324 g/mol. The van der Waals surface area contributed by atoms with Crippen LogP contribution in [0.3, 0.4) is 0 Å². The third kappa shape index (κ3) is 4.21. The Morgan fingerprint density at radius 2 is 2.42 bits per heavy atom. The zero-order valence-corrected chi connectivity index (χ0v) is 15.0. The second-order valence-corrected chi connectivity index (χ2v) is 7.29. The summed E-state index contributed by atoms with van der Waals surface area (Å²) in [5.74, 6) is 1.66. The molecule has 0 aliphatic carbocycles. The largest absolute Gasteiger partial charge is 0.355 e. The van der Waals surface area contributed by atoms with Crippen molar-refractivity contribution >= 4 is 17.2 Å². The van der Waals surface area contributed by atoms with Gasteiger partial charge in [-0.05, 0) is 48.2 Å². The lowest BCUT2D eigenvalue weighted by Gasteiger charge is -2.21. The van der Waals surface area contributed by atoms with E-state index in [4.69, 9.17) is 4.52 Å². The van der Waals surface area contributed by atoms with Crippen molar-refractivity contribution in [2.24, 2.45) is 0 Å². The summed E-state index contributed by atoms with van der Waals surface area (Å²) in [5, 5.41) is 11.3. The topological polar surface area (TPSA) is 71.3 Å². The van der Waals surface area contributed by atoms with Crippen molar-refractivity contribution in [1.29, 1.82) is 0 Å². The number of nitrogens with one attached hydrogen (secondary N) is 1. The third-order valence-corrected chi connectivity index (χ3v) is 5.01. The van der Waals surface area contributed by atoms with E-state index in [2.05, 4.69) is 37.2 Å². The van der Waals surface area contributed by atoms with Gasteiger partial charge in [-0.1, -0.05) is 19.0 Å². The second kappa shape index (κ2) is 7.90. The van der Waals surface area contributed by atoms with Crippen LogP contribution in [0.25, 0.3) is 0 Å². The number of aromatic nitrogens is 2. The van der Waals surface area contributed by atoms with Gasteiger partial charge in [-0.2, -0.15) is 16.3 Å². The maximum absolute atomic E-state index is 12.2. The summed E-state index contributed by atoms with van der Waals surface area (Å²) in [6.45, 7) is 6.02. The fourth-order valence-corrected chi connectivity index (χ4v) is 3.65. The van der Waals surface area contributed by atoms with Gasteiger partial charge in [0.15, 0.2) is 5.82 Å². The number of hydrogen-bond acceptors (Lipinski definition) is 6. The van der Waals surface area contributed by atoms with Crippen LogP contribution in [0.5, 0.6) is 0 Å². The summed E-state index contributed by atoms with van der Waals surface area (Å²) >= 11 is 1.68. The second-order valence-electron chi connectivity index (χ2n) is 6.51. The van der Waals surface area contributed by atoms with E-state index in [1.54, 1.807) is 11.3 Å². The molecule has 0 radical (unpaired) electrons. The van der Waals surface area contributed by atoms with E-state index in [1.807, 2.05) is 13.8 Å². The van der Waals surface area contributed by atoms with E-state index in [1.165, 1.54) is 5.56 Å². The molecule has 1 saturated heterocycles. The number of likely N-dealkylation sites (tertiary alicyclic amines) is 1. The van der Waals surface area contributed by atoms with Gasteiger partial charge in [-0.3, -0.25) is 9.69 Å². The lowest BCUT2D eigenvalue weighted by Crippen LogP contribution is -2.38. The smallest absolute Gasteiger partial charge is 0.234 e. The zero-order chi connectivity index (χ0) is 16.9. The fourth-order valence-electron chi connectivity index (χ4n) is 2.95. The highest BCUT2D eigenvalue weighted by Crippen LogP contribution is 2.30. The first-order chi connectivity index (χ1) is 11.6. The first kappa shape index (κ1) is 17.1. The van der Waals surface area contributed by atoms with Gasteiger partial charge in [0, 0.05) is 12.5 Å². The minimum atomic E-state index is 0.0599. The van der Waals surface area contributed by atoms with E-state index < -0.39 is 0 Å². The number of rotatable bonds is 7. The average molecular weight is 348 g/mol. The lowest BCUT2D eigenvalue weighted by molar-refractivity contribution is -0.122. The molecule has 1 amide bonds. The van der Waals surface area contributed by atoms with Gasteiger partial charge in [0.2, 0.25) is 11.8 Å². The number of hydrogen-bond donors (Lipinski definition) is 1. The molecule has 6 nitrogen and oxygen atoms in total. The molecule has 24 heavy (non-hydrogen) atoms. The molecule has 1 aliphatic rings. The molecule has 2 aromatic rings. The van der Waals surface area contributed by atoms with Crippen LogP contribution in [0.2, 0.25) is 0 Å². The number of thiophene rings is 1. The van der Waals surface area contributed by atoms with Gasteiger partial charge in [-0.25, -0.2) is 0 Å². The van der Waals surface area contributed by atoms with Crippen LogP contribution in [0, 0.1) is 0 Å². The van der Waals surface area contributed by atoms with E-state index in [-0.39, 0.29) is 17.9 Å². The summed E-state index contributed by atoms with van der Waals surface area (Å²) in [5.41, 5.74) is 1.27. The molecule has 0 bridgehead atoms. The van der Waals surface area contributed by atoms with E-state index in [0.717, 1.165) is 25.8 Å². The Bertz CT molecular complexity index is 653. The van der Waals surface area contributed by atoms with Gasteiger partial charge in [0.05, 0.1) is 12.6 Å². The average Bonchev–Trinajstić information content (AvgIpc) is 3.28. The van der Waals surface area contributed by atoms with Crippen molar-refractivity contribution in [3.05, 3.63) is 34.1 Å². The predicted molar refractivity (Wildman–Crippen MR) is 93.0 cm³/mol. The number of nitrogens with zero attached hydrogens (tertiary/aromatic N) is 3. The first-order valence-electron chi connectivity index (χ1n) is 8.49. The maximum Gasteiger partial charge on any atom is 0.234 e. The van der Waals surface area contributed by atoms with E-state index >= 15 is 0 Å². The van der Waals surface area contributed by atoms with Crippen LogP contribution in [0.1, 0.15) is 55.9 Å². The Hall–Kier alpha value is -1.73. The first-order valence-corrected chi connectivity index (χ1v) is 9.43. The highest BCUT2D eigenvalue weighted by atomic mass is 32.1. The molecule has 0 spiro atoms. The van der Waals surface area contributed by atoms with Crippen LogP contribution < -0.4 is 5.32 Å². The normalized spacial score (nSPS) is 18.4. The summed E-state index contributed by atoms with van der Waals surface area (Å²) in [7, 11) is 0. The van der Waals surface area contributed by atoms with Gasteiger partial charge < -0.3 is 9.84 Å². The molecule has 2 aromatic heterocycles. The summed E-state index contributed by atoms with van der Waals surface area (Å²) in [6.07, 6.45) is 2.90. The molecule has 1 fully saturated rings. The number of amides is 1. The van der Waals surface area contributed by atoms with Gasteiger partial charge in [-0.15, -0.1) is 0 Å². The Kier molecular flexibility index (Phi) is 5.63. The molecule has 1 aliphatic heterocycles. The van der Waals surface area contributed by atoms with Crippen molar-refractivity contribution in [2.75, 3.05) is 19.6 Å². The number of carbonyl (C=O) groups excluding carboxylic acids is 1. The van der Waals surface area contributed by atoms with E-state index in [9.17, 15) is 4.79 Å². The minimum absolute atomic E-state index is 0.0599. The predicted octanol–water partition coefficient (Wildman–Crippen LogP) is 2.75. The molecule has 1 atom stereocenters. The van der Waals surface area contributed by atoms with Crippen LogP contribution in [-0.4, -0.2) is 40.6 Å². The molecule has 130 valence electrons. The summed E-state index contributed by atoms with van der Waals surface area (Å²) in [4.78, 5) is 18.8. The molecule has 0 aromatic carbocycles.